The summed E-state index contributed by atoms with van der Waals surface area (Å²) < 4.78 is 40.1. The fraction of sp³-hybridized carbons (Fsp3) is 0.300. The molecule has 2 aromatic carbocycles. The molecule has 10 heteroatoms. The highest BCUT2D eigenvalue weighted by atomic mass is 32.2. The number of fused-ring (bicyclic) bond motifs is 1. The van der Waals surface area contributed by atoms with Gasteiger partial charge in [-0.05, 0) is 42.5 Å². The maximum absolute atomic E-state index is 12.7. The third-order valence-corrected chi connectivity index (χ3v) is 7.93. The molecular formula is C20H21N3O5S2. The number of morpholine rings is 1. The van der Waals surface area contributed by atoms with E-state index in [0.29, 0.717) is 36.7 Å². The van der Waals surface area contributed by atoms with Gasteiger partial charge in [0.05, 0.1) is 35.4 Å². The summed E-state index contributed by atoms with van der Waals surface area (Å²) in [6.07, 6.45) is 0. The number of sulfonamides is 1. The van der Waals surface area contributed by atoms with Crippen LogP contribution in [0.5, 0.6) is 5.75 Å². The van der Waals surface area contributed by atoms with Gasteiger partial charge in [0, 0.05) is 25.7 Å². The fourth-order valence-electron chi connectivity index (χ4n) is 3.20. The maximum atomic E-state index is 12.7. The minimum Gasteiger partial charge on any atom is -0.497 e. The fourth-order valence-corrected chi connectivity index (χ4v) is 5.66. The highest BCUT2D eigenvalue weighted by Crippen LogP contribution is 2.23. The smallest absolute Gasteiger partial charge is 0.279 e. The molecule has 1 aliphatic rings. The predicted molar refractivity (Wildman–Crippen MR) is 113 cm³/mol. The van der Waals surface area contributed by atoms with Crippen LogP contribution in [0.25, 0.3) is 10.2 Å². The summed E-state index contributed by atoms with van der Waals surface area (Å²) in [5.41, 5.74) is 1.27. The summed E-state index contributed by atoms with van der Waals surface area (Å²) >= 11 is 1.38. The molecule has 1 aromatic heterocycles. The van der Waals surface area contributed by atoms with Crippen LogP contribution in [0.15, 0.2) is 52.4 Å². The predicted octanol–water partition coefficient (Wildman–Crippen LogP) is 2.01. The van der Waals surface area contributed by atoms with Crippen molar-refractivity contribution < 1.29 is 22.7 Å². The number of carbonyl (C=O) groups is 1. The van der Waals surface area contributed by atoms with Gasteiger partial charge in [-0.1, -0.05) is 11.3 Å². The molecule has 0 spiro atoms. The Morgan fingerprint density at radius 2 is 1.83 bits per heavy atom. The summed E-state index contributed by atoms with van der Waals surface area (Å²) in [4.78, 5) is 17.6. The van der Waals surface area contributed by atoms with Crippen LogP contribution in [0.1, 0.15) is 10.4 Å². The quantitative estimate of drug-likeness (QED) is 0.610. The number of carbonyl (C=O) groups excluding carboxylic acids is 1. The summed E-state index contributed by atoms with van der Waals surface area (Å²) in [5.74, 6) is 0.304. The lowest BCUT2D eigenvalue weighted by atomic mass is 10.2. The molecule has 2 heterocycles. The number of rotatable bonds is 4. The first kappa shape index (κ1) is 20.7. The molecule has 1 saturated heterocycles. The number of amides is 1. The van der Waals surface area contributed by atoms with Gasteiger partial charge in [0.1, 0.15) is 5.75 Å². The molecule has 0 bridgehead atoms. The molecule has 0 aliphatic carbocycles. The van der Waals surface area contributed by atoms with E-state index in [4.69, 9.17) is 9.47 Å². The first-order chi connectivity index (χ1) is 14.4. The second kappa shape index (κ2) is 8.31. The lowest BCUT2D eigenvalue weighted by Crippen LogP contribution is -2.40. The SMILES string of the molecule is COc1ccc2c(c1)sc(=NC(=O)c1ccc(S(=O)(=O)N3CCOCC3)cc1)n2C. The van der Waals surface area contributed by atoms with Crippen LogP contribution in [0, 0.1) is 0 Å². The van der Waals surface area contributed by atoms with E-state index in [1.807, 2.05) is 29.8 Å². The minimum atomic E-state index is -3.60. The normalized spacial score (nSPS) is 16.1. The Labute approximate surface area is 178 Å². The Morgan fingerprint density at radius 3 is 2.50 bits per heavy atom. The molecule has 1 amide bonds. The zero-order valence-corrected chi connectivity index (χ0v) is 18.2. The van der Waals surface area contributed by atoms with Gasteiger partial charge >= 0.3 is 0 Å². The number of aromatic nitrogens is 1. The van der Waals surface area contributed by atoms with Gasteiger partial charge in [-0.25, -0.2) is 8.42 Å². The zero-order valence-electron chi connectivity index (χ0n) is 16.6. The van der Waals surface area contributed by atoms with Gasteiger partial charge in [0.15, 0.2) is 4.80 Å². The van der Waals surface area contributed by atoms with Crippen molar-refractivity contribution in [2.45, 2.75) is 4.90 Å². The van der Waals surface area contributed by atoms with Crippen molar-refractivity contribution in [1.82, 2.24) is 8.87 Å². The largest absolute Gasteiger partial charge is 0.497 e. The summed E-state index contributed by atoms with van der Waals surface area (Å²) in [7, 11) is -0.150. The molecule has 1 aliphatic heterocycles. The third-order valence-electron chi connectivity index (χ3n) is 4.92. The highest BCUT2D eigenvalue weighted by Gasteiger charge is 2.26. The molecule has 1 fully saturated rings. The Morgan fingerprint density at radius 1 is 1.13 bits per heavy atom. The Hall–Kier alpha value is -2.53. The Balaban J connectivity index is 1.61. The number of aryl methyl sites for hydroxylation is 1. The number of nitrogens with zero attached hydrogens (tertiary/aromatic N) is 3. The van der Waals surface area contributed by atoms with E-state index < -0.39 is 15.9 Å². The van der Waals surface area contributed by atoms with Crippen LogP contribution in [-0.2, 0) is 21.8 Å². The molecular weight excluding hydrogens is 426 g/mol. The number of benzene rings is 2. The number of methoxy groups -OCH3 is 1. The Bertz CT molecular complexity index is 1250. The van der Waals surface area contributed by atoms with Crippen molar-refractivity contribution in [3.05, 3.63) is 52.8 Å². The van der Waals surface area contributed by atoms with Crippen LogP contribution >= 0.6 is 11.3 Å². The van der Waals surface area contributed by atoms with E-state index in [1.54, 1.807) is 7.11 Å². The summed E-state index contributed by atoms with van der Waals surface area (Å²) in [6.45, 7) is 1.41. The van der Waals surface area contributed by atoms with Gasteiger partial charge < -0.3 is 14.0 Å². The first-order valence-corrected chi connectivity index (χ1v) is 11.6. The maximum Gasteiger partial charge on any atom is 0.279 e. The van der Waals surface area contributed by atoms with Crippen LogP contribution in [0.2, 0.25) is 0 Å². The Kier molecular flexibility index (Phi) is 5.74. The molecule has 0 unspecified atom stereocenters. The van der Waals surface area contributed by atoms with Gasteiger partial charge in [0.2, 0.25) is 10.0 Å². The van der Waals surface area contributed by atoms with Crippen molar-refractivity contribution in [1.29, 1.82) is 0 Å². The van der Waals surface area contributed by atoms with E-state index in [1.165, 1.54) is 39.9 Å². The van der Waals surface area contributed by atoms with Gasteiger partial charge in [0.25, 0.3) is 5.91 Å². The van der Waals surface area contributed by atoms with E-state index in [9.17, 15) is 13.2 Å². The van der Waals surface area contributed by atoms with Crippen LogP contribution in [0.3, 0.4) is 0 Å². The molecule has 0 atom stereocenters. The van der Waals surface area contributed by atoms with Crippen molar-refractivity contribution in [3.8, 4) is 5.75 Å². The molecule has 158 valence electrons. The number of thiazole rings is 1. The standard InChI is InChI=1S/C20H21N3O5S2/c1-22-17-8-5-15(27-2)13-18(17)29-20(22)21-19(24)14-3-6-16(7-4-14)30(25,26)23-9-11-28-12-10-23/h3-8,13H,9-12H2,1-2H3. The second-order valence-corrected chi connectivity index (χ2v) is 9.68. The molecule has 0 saturated carbocycles. The summed E-state index contributed by atoms with van der Waals surface area (Å²) in [5, 5.41) is 0. The third kappa shape index (κ3) is 3.91. The van der Waals surface area contributed by atoms with Crippen LogP contribution < -0.4 is 9.54 Å². The van der Waals surface area contributed by atoms with Crippen molar-refractivity contribution >= 4 is 37.5 Å². The minimum absolute atomic E-state index is 0.153. The second-order valence-electron chi connectivity index (χ2n) is 6.74. The molecule has 3 aromatic rings. The van der Waals surface area contributed by atoms with E-state index >= 15 is 0 Å². The van der Waals surface area contributed by atoms with Crippen molar-refractivity contribution in [2.75, 3.05) is 33.4 Å². The monoisotopic (exact) mass is 447 g/mol. The summed E-state index contributed by atoms with van der Waals surface area (Å²) in [6, 6.07) is 11.6. The molecule has 0 N–H and O–H groups in total. The van der Waals surface area contributed by atoms with Gasteiger partial charge in [-0.2, -0.15) is 9.30 Å². The topological polar surface area (TPSA) is 90.2 Å². The van der Waals surface area contributed by atoms with E-state index in [-0.39, 0.29) is 4.90 Å². The van der Waals surface area contributed by atoms with Crippen LogP contribution in [0.4, 0.5) is 0 Å². The molecule has 30 heavy (non-hydrogen) atoms. The number of hydrogen-bond acceptors (Lipinski definition) is 6. The van der Waals surface area contributed by atoms with Crippen molar-refractivity contribution in [3.63, 3.8) is 0 Å². The zero-order chi connectivity index (χ0) is 21.3. The van der Waals surface area contributed by atoms with E-state index in [0.717, 1.165) is 16.0 Å². The number of hydrogen-bond donors (Lipinski definition) is 0. The number of ether oxygens (including phenoxy) is 2. The average Bonchev–Trinajstić information content (AvgIpc) is 3.08. The van der Waals surface area contributed by atoms with E-state index in [2.05, 4.69) is 4.99 Å². The average molecular weight is 448 g/mol. The lowest BCUT2D eigenvalue weighted by Gasteiger charge is -2.26. The lowest BCUT2D eigenvalue weighted by molar-refractivity contribution is 0.0730. The first-order valence-electron chi connectivity index (χ1n) is 9.31. The van der Waals surface area contributed by atoms with Crippen molar-refractivity contribution in [2.24, 2.45) is 12.0 Å². The molecule has 4 rings (SSSR count). The molecule has 0 radical (unpaired) electrons. The van der Waals surface area contributed by atoms with Gasteiger partial charge in [-0.15, -0.1) is 0 Å². The van der Waals surface area contributed by atoms with Crippen LogP contribution in [-0.4, -0.2) is 56.6 Å². The highest BCUT2D eigenvalue weighted by molar-refractivity contribution is 7.89. The molecule has 8 nitrogen and oxygen atoms in total. The van der Waals surface area contributed by atoms with Gasteiger partial charge in [-0.3, -0.25) is 4.79 Å².